The Morgan fingerprint density at radius 1 is 1.27 bits per heavy atom. The maximum absolute atomic E-state index is 11.9. The number of ether oxygens (including phenoxy) is 1. The van der Waals surface area contributed by atoms with Crippen LogP contribution < -0.4 is 15.8 Å². The van der Waals surface area contributed by atoms with Gasteiger partial charge in [0.05, 0.1) is 0 Å². The third-order valence-corrected chi connectivity index (χ3v) is 3.07. The molecule has 0 atom stereocenters. The Balaban J connectivity index is 2.98. The van der Waals surface area contributed by atoms with Crippen molar-refractivity contribution in [3.63, 3.8) is 0 Å². The fraction of sp³-hybridized carbons (Fsp3) is 0.333. The third kappa shape index (κ3) is 3.59. The molecule has 1 aromatic rings. The van der Waals surface area contributed by atoms with Crippen molar-refractivity contribution in [1.29, 1.82) is 0 Å². The lowest BCUT2D eigenvalue weighted by molar-refractivity contribution is -0.274. The van der Waals surface area contributed by atoms with Gasteiger partial charge in [0.15, 0.2) is 0 Å². The van der Waals surface area contributed by atoms with Gasteiger partial charge in [-0.3, -0.25) is 0 Å². The lowest BCUT2D eigenvalue weighted by Crippen LogP contribution is -2.18. The summed E-state index contributed by atoms with van der Waals surface area (Å²) in [6.07, 6.45) is -4.66. The molecule has 1 rings (SSSR count). The van der Waals surface area contributed by atoms with Crippen LogP contribution in [0.25, 0.3) is 0 Å². The molecule has 0 bridgehead atoms. The zero-order chi connectivity index (χ0) is 11.6. The number of benzene rings is 1. The van der Waals surface area contributed by atoms with Gasteiger partial charge >= 0.3 is 6.36 Å². The Bertz CT molecular complexity index is 352. The molecular formula is C9H11F3NOP. The zero-order valence-electron chi connectivity index (χ0n) is 8.30. The summed E-state index contributed by atoms with van der Waals surface area (Å²) in [7, 11) is -0.547. The highest BCUT2D eigenvalue weighted by atomic mass is 31.1. The largest absolute Gasteiger partial charge is 0.573 e. The van der Waals surface area contributed by atoms with E-state index < -0.39 is 14.3 Å². The Kier molecular flexibility index (Phi) is 3.45. The molecule has 0 aromatic heterocycles. The fourth-order valence-electron chi connectivity index (χ4n) is 1.11. The number of halogens is 3. The molecule has 84 valence electrons. The summed E-state index contributed by atoms with van der Waals surface area (Å²) >= 11 is 0. The first kappa shape index (κ1) is 12.1. The predicted octanol–water partition coefficient (Wildman–Crippen LogP) is 2.53. The van der Waals surface area contributed by atoms with Gasteiger partial charge in [0.25, 0.3) is 0 Å². The number of hydrogen-bond donors (Lipinski definition) is 1. The van der Waals surface area contributed by atoms with E-state index in [1.165, 1.54) is 18.2 Å². The Morgan fingerprint density at radius 3 is 2.33 bits per heavy atom. The summed E-state index contributed by atoms with van der Waals surface area (Å²) in [5, 5.41) is 0.715. The lowest BCUT2D eigenvalue weighted by Gasteiger charge is -2.13. The van der Waals surface area contributed by atoms with E-state index in [1.54, 1.807) is 0 Å². The van der Waals surface area contributed by atoms with Gasteiger partial charge in [-0.25, -0.2) is 0 Å². The second-order valence-corrected chi connectivity index (χ2v) is 5.43. The molecule has 6 heteroatoms. The second-order valence-electron chi connectivity index (χ2n) is 3.16. The van der Waals surface area contributed by atoms with E-state index in [4.69, 9.17) is 5.73 Å². The van der Waals surface area contributed by atoms with Gasteiger partial charge in [-0.05, 0) is 31.5 Å². The first-order chi connectivity index (χ1) is 6.79. The van der Waals surface area contributed by atoms with Crippen molar-refractivity contribution in [2.75, 3.05) is 19.1 Å². The number of nitrogens with two attached hydrogens (primary N) is 1. The van der Waals surface area contributed by atoms with Crippen LogP contribution in [0, 0.1) is 0 Å². The summed E-state index contributed by atoms with van der Waals surface area (Å²) < 4.78 is 39.6. The molecule has 2 N–H and O–H groups in total. The number of alkyl halides is 3. The molecule has 0 heterocycles. The number of hydrogen-bond acceptors (Lipinski definition) is 2. The van der Waals surface area contributed by atoms with E-state index >= 15 is 0 Å². The first-order valence-electron chi connectivity index (χ1n) is 4.12. The Labute approximate surface area is 87.0 Å². The molecule has 15 heavy (non-hydrogen) atoms. The highest BCUT2D eigenvalue weighted by Gasteiger charge is 2.31. The van der Waals surface area contributed by atoms with Crippen LogP contribution in [0.2, 0.25) is 0 Å². The van der Waals surface area contributed by atoms with Gasteiger partial charge in [0.1, 0.15) is 5.75 Å². The van der Waals surface area contributed by atoms with Crippen LogP contribution in [0.5, 0.6) is 5.75 Å². The van der Waals surface area contributed by atoms with Crippen LogP contribution in [0.4, 0.5) is 18.9 Å². The topological polar surface area (TPSA) is 35.2 Å². The average Bonchev–Trinajstić information content (AvgIpc) is 2.05. The molecule has 0 fully saturated rings. The minimum atomic E-state index is -4.66. The van der Waals surface area contributed by atoms with Crippen molar-refractivity contribution in [3.05, 3.63) is 18.2 Å². The summed E-state index contributed by atoms with van der Waals surface area (Å²) in [5.74, 6) is -0.220. The van der Waals surface area contributed by atoms with Crippen molar-refractivity contribution in [1.82, 2.24) is 0 Å². The van der Waals surface area contributed by atoms with E-state index in [9.17, 15) is 13.2 Å². The van der Waals surface area contributed by atoms with Crippen molar-refractivity contribution in [2.24, 2.45) is 0 Å². The number of rotatable bonds is 2. The van der Waals surface area contributed by atoms with E-state index in [0.29, 0.717) is 11.0 Å². The summed E-state index contributed by atoms with van der Waals surface area (Å²) in [6.45, 7) is 3.83. The van der Waals surface area contributed by atoms with Gasteiger partial charge in [-0.1, -0.05) is 7.92 Å². The van der Waals surface area contributed by atoms with E-state index in [0.717, 1.165) is 0 Å². The van der Waals surface area contributed by atoms with Crippen molar-refractivity contribution in [3.8, 4) is 5.75 Å². The van der Waals surface area contributed by atoms with Crippen LogP contribution >= 0.6 is 7.92 Å². The van der Waals surface area contributed by atoms with Crippen LogP contribution in [0.15, 0.2) is 18.2 Å². The average molecular weight is 237 g/mol. The van der Waals surface area contributed by atoms with Gasteiger partial charge in [-0.15, -0.1) is 13.2 Å². The third-order valence-electron chi connectivity index (χ3n) is 1.72. The molecule has 0 amide bonds. The molecule has 1 aromatic carbocycles. The zero-order valence-corrected chi connectivity index (χ0v) is 9.19. The maximum Gasteiger partial charge on any atom is 0.573 e. The quantitative estimate of drug-likeness (QED) is 0.633. The van der Waals surface area contributed by atoms with Gasteiger partial charge < -0.3 is 10.5 Å². The smallest absolute Gasteiger partial charge is 0.406 e. The molecule has 0 aliphatic heterocycles. The van der Waals surface area contributed by atoms with Crippen LogP contribution in [-0.2, 0) is 0 Å². The van der Waals surface area contributed by atoms with Crippen molar-refractivity contribution < 1.29 is 17.9 Å². The Hall–Kier alpha value is -0.960. The van der Waals surface area contributed by atoms with Gasteiger partial charge in [0.2, 0.25) is 0 Å². The summed E-state index contributed by atoms with van der Waals surface area (Å²) in [6, 6.07) is 3.98. The minimum Gasteiger partial charge on any atom is -0.406 e. The monoisotopic (exact) mass is 237 g/mol. The summed E-state index contributed by atoms with van der Waals surface area (Å²) in [5.41, 5.74) is 6.13. The van der Waals surface area contributed by atoms with Crippen LogP contribution in [0.3, 0.4) is 0 Å². The van der Waals surface area contributed by atoms with E-state index in [2.05, 4.69) is 4.74 Å². The molecule has 0 spiro atoms. The van der Waals surface area contributed by atoms with Crippen molar-refractivity contribution in [2.45, 2.75) is 6.36 Å². The van der Waals surface area contributed by atoms with Gasteiger partial charge in [-0.2, -0.15) is 0 Å². The van der Waals surface area contributed by atoms with E-state index in [1.807, 2.05) is 13.3 Å². The second kappa shape index (κ2) is 4.27. The molecule has 0 saturated heterocycles. The first-order valence-corrected chi connectivity index (χ1v) is 6.36. The van der Waals surface area contributed by atoms with Gasteiger partial charge in [0, 0.05) is 11.0 Å². The maximum atomic E-state index is 11.9. The fourth-order valence-corrected chi connectivity index (χ4v) is 2.08. The number of nitrogen functional groups attached to an aromatic ring is 1. The van der Waals surface area contributed by atoms with Crippen molar-refractivity contribution >= 4 is 18.9 Å². The van der Waals surface area contributed by atoms with Crippen LogP contribution in [-0.4, -0.2) is 19.7 Å². The van der Waals surface area contributed by atoms with Crippen LogP contribution in [0.1, 0.15) is 0 Å². The predicted molar refractivity (Wildman–Crippen MR) is 55.9 cm³/mol. The standard InChI is InChI=1S/C9H11F3NOP/c1-15(2)8-5-6(3-4-7(8)13)14-9(10,11)12/h3-5H,13H2,1-2H3. The lowest BCUT2D eigenvalue weighted by atomic mass is 10.3. The molecule has 0 aliphatic carbocycles. The molecule has 0 unspecified atom stereocenters. The molecular weight excluding hydrogens is 226 g/mol. The number of anilines is 1. The summed E-state index contributed by atoms with van der Waals surface area (Å²) in [4.78, 5) is 0. The molecule has 0 radical (unpaired) electrons. The Morgan fingerprint density at radius 2 is 1.87 bits per heavy atom. The van der Waals surface area contributed by atoms with E-state index in [-0.39, 0.29) is 5.75 Å². The molecule has 2 nitrogen and oxygen atoms in total. The molecule has 0 aliphatic rings. The SMILES string of the molecule is CP(C)c1cc(OC(F)(F)F)ccc1N. The minimum absolute atomic E-state index is 0.220. The highest BCUT2D eigenvalue weighted by molar-refractivity contribution is 7.64. The molecule has 0 saturated carbocycles. The normalized spacial score (nSPS) is 11.9. The highest BCUT2D eigenvalue weighted by Crippen LogP contribution is 2.31.